The maximum absolute atomic E-state index is 6.12. The lowest BCUT2D eigenvalue weighted by molar-refractivity contribution is 0.505. The molecule has 112 valence electrons. The van der Waals surface area contributed by atoms with Crippen LogP contribution in [-0.4, -0.2) is 36.1 Å². The molecule has 4 rings (SSSR count). The number of nitrogen functional groups attached to an aromatic ring is 1. The molecule has 0 bridgehead atoms. The van der Waals surface area contributed by atoms with E-state index in [4.69, 9.17) is 10.2 Å². The van der Waals surface area contributed by atoms with Crippen LogP contribution in [0, 0.1) is 0 Å². The van der Waals surface area contributed by atoms with Crippen LogP contribution in [0.1, 0.15) is 30.6 Å². The smallest absolute Gasteiger partial charge is 0.222 e. The SMILES string of the molecule is CN[C@H]1CCN(c2nc(N)nc3c4c(oc23)CCCC4)C1. The Morgan fingerprint density at radius 3 is 2.95 bits per heavy atom. The summed E-state index contributed by atoms with van der Waals surface area (Å²) in [4.78, 5) is 11.2. The number of anilines is 2. The molecule has 2 aromatic rings. The molecule has 1 fully saturated rings. The van der Waals surface area contributed by atoms with Gasteiger partial charge in [0.15, 0.2) is 11.4 Å². The fourth-order valence-corrected chi connectivity index (χ4v) is 3.52. The van der Waals surface area contributed by atoms with Gasteiger partial charge in [-0.3, -0.25) is 0 Å². The molecule has 6 nitrogen and oxygen atoms in total. The maximum atomic E-state index is 6.12. The van der Waals surface area contributed by atoms with Crippen LogP contribution in [0.2, 0.25) is 0 Å². The van der Waals surface area contributed by atoms with Crippen molar-refractivity contribution in [3.8, 4) is 0 Å². The molecule has 0 amide bonds. The Hall–Kier alpha value is -1.82. The molecule has 21 heavy (non-hydrogen) atoms. The predicted molar refractivity (Wildman–Crippen MR) is 82.5 cm³/mol. The number of fused-ring (bicyclic) bond motifs is 3. The number of hydrogen-bond donors (Lipinski definition) is 2. The third-order valence-electron chi connectivity index (χ3n) is 4.69. The standard InChI is InChI=1S/C15H21N5O/c1-17-9-6-7-20(8-9)14-13-12(18-15(16)19-14)10-4-2-3-5-11(10)21-13/h9,17H,2-8H2,1H3,(H2,16,18,19)/t9-/m0/s1. The second-order valence-electron chi connectivity index (χ2n) is 6.01. The van der Waals surface area contributed by atoms with E-state index in [1.807, 2.05) is 7.05 Å². The van der Waals surface area contributed by atoms with Gasteiger partial charge in [-0.2, -0.15) is 4.98 Å². The second kappa shape index (κ2) is 4.87. The Kier molecular flexibility index (Phi) is 2.99. The van der Waals surface area contributed by atoms with Crippen molar-refractivity contribution in [1.82, 2.24) is 15.3 Å². The van der Waals surface area contributed by atoms with Gasteiger partial charge in [-0.1, -0.05) is 0 Å². The van der Waals surface area contributed by atoms with E-state index in [1.165, 1.54) is 18.4 Å². The van der Waals surface area contributed by atoms with Crippen molar-refractivity contribution in [3.63, 3.8) is 0 Å². The first-order valence-electron chi connectivity index (χ1n) is 7.76. The molecule has 1 aliphatic carbocycles. The molecule has 6 heteroatoms. The molecule has 1 saturated heterocycles. The Morgan fingerprint density at radius 2 is 2.14 bits per heavy atom. The molecule has 2 aliphatic rings. The van der Waals surface area contributed by atoms with Crippen LogP contribution in [0.5, 0.6) is 0 Å². The van der Waals surface area contributed by atoms with Gasteiger partial charge in [0.05, 0.1) is 0 Å². The third-order valence-corrected chi connectivity index (χ3v) is 4.69. The van der Waals surface area contributed by atoms with E-state index in [2.05, 4.69) is 20.2 Å². The Balaban J connectivity index is 1.83. The van der Waals surface area contributed by atoms with E-state index in [-0.39, 0.29) is 0 Å². The summed E-state index contributed by atoms with van der Waals surface area (Å²) < 4.78 is 6.12. The van der Waals surface area contributed by atoms with E-state index in [0.717, 1.165) is 55.0 Å². The average Bonchev–Trinajstić information content (AvgIpc) is 3.11. The zero-order valence-corrected chi connectivity index (χ0v) is 12.4. The van der Waals surface area contributed by atoms with Crippen LogP contribution in [0.15, 0.2) is 4.42 Å². The molecule has 3 N–H and O–H groups in total. The van der Waals surface area contributed by atoms with Crippen molar-refractivity contribution in [1.29, 1.82) is 0 Å². The molecule has 2 aromatic heterocycles. The zero-order chi connectivity index (χ0) is 14.4. The van der Waals surface area contributed by atoms with E-state index in [0.29, 0.717) is 12.0 Å². The number of furan rings is 1. The van der Waals surface area contributed by atoms with Crippen LogP contribution in [0.3, 0.4) is 0 Å². The summed E-state index contributed by atoms with van der Waals surface area (Å²) in [7, 11) is 2.00. The van der Waals surface area contributed by atoms with Crippen molar-refractivity contribution in [2.24, 2.45) is 0 Å². The molecule has 0 saturated carbocycles. The highest BCUT2D eigenvalue weighted by Crippen LogP contribution is 2.36. The van der Waals surface area contributed by atoms with Crippen LogP contribution >= 0.6 is 0 Å². The van der Waals surface area contributed by atoms with Gasteiger partial charge in [0, 0.05) is 31.1 Å². The molecule has 0 unspecified atom stereocenters. The van der Waals surface area contributed by atoms with E-state index < -0.39 is 0 Å². The second-order valence-corrected chi connectivity index (χ2v) is 6.01. The van der Waals surface area contributed by atoms with Gasteiger partial charge >= 0.3 is 0 Å². The number of rotatable bonds is 2. The summed E-state index contributed by atoms with van der Waals surface area (Å²) in [5, 5.41) is 3.33. The molecule has 0 aromatic carbocycles. The fourth-order valence-electron chi connectivity index (χ4n) is 3.52. The van der Waals surface area contributed by atoms with Gasteiger partial charge in [-0.15, -0.1) is 0 Å². The van der Waals surface area contributed by atoms with E-state index >= 15 is 0 Å². The number of nitrogens with two attached hydrogens (primary N) is 1. The van der Waals surface area contributed by atoms with Crippen molar-refractivity contribution in [3.05, 3.63) is 11.3 Å². The number of nitrogens with zero attached hydrogens (tertiary/aromatic N) is 3. The van der Waals surface area contributed by atoms with Crippen molar-refractivity contribution < 1.29 is 4.42 Å². The minimum Gasteiger partial charge on any atom is -0.455 e. The largest absolute Gasteiger partial charge is 0.455 e. The fraction of sp³-hybridized carbons (Fsp3) is 0.600. The first-order valence-corrected chi connectivity index (χ1v) is 7.76. The predicted octanol–water partition coefficient (Wildman–Crippen LogP) is 1.48. The van der Waals surface area contributed by atoms with E-state index in [9.17, 15) is 0 Å². The van der Waals surface area contributed by atoms with Gasteiger partial charge in [-0.05, 0) is 32.7 Å². The first kappa shape index (κ1) is 12.9. The Morgan fingerprint density at radius 1 is 1.29 bits per heavy atom. The van der Waals surface area contributed by atoms with E-state index in [1.54, 1.807) is 0 Å². The number of hydrogen-bond acceptors (Lipinski definition) is 6. The summed E-state index contributed by atoms with van der Waals surface area (Å²) in [6.45, 7) is 1.91. The Bertz CT molecular complexity index is 680. The molecule has 1 aliphatic heterocycles. The summed E-state index contributed by atoms with van der Waals surface area (Å²) in [6, 6.07) is 0.501. The normalized spacial score (nSPS) is 22.0. The van der Waals surface area contributed by atoms with Gasteiger partial charge < -0.3 is 20.4 Å². The molecule has 0 radical (unpaired) electrons. The molecule has 3 heterocycles. The van der Waals surface area contributed by atoms with Gasteiger partial charge in [0.25, 0.3) is 0 Å². The van der Waals surface area contributed by atoms with Gasteiger partial charge in [-0.25, -0.2) is 4.98 Å². The van der Waals surface area contributed by atoms with Crippen LogP contribution < -0.4 is 16.0 Å². The minimum atomic E-state index is 0.347. The van der Waals surface area contributed by atoms with Crippen LogP contribution in [0.4, 0.5) is 11.8 Å². The monoisotopic (exact) mass is 287 g/mol. The highest BCUT2D eigenvalue weighted by molar-refractivity contribution is 5.89. The van der Waals surface area contributed by atoms with Crippen LogP contribution in [-0.2, 0) is 12.8 Å². The quantitative estimate of drug-likeness (QED) is 0.871. The molecule has 0 spiro atoms. The van der Waals surface area contributed by atoms with Crippen LogP contribution in [0.25, 0.3) is 11.1 Å². The van der Waals surface area contributed by atoms with Crippen molar-refractivity contribution in [2.45, 2.75) is 38.1 Å². The maximum Gasteiger partial charge on any atom is 0.222 e. The summed E-state index contributed by atoms with van der Waals surface area (Å²) in [5.41, 5.74) is 8.95. The number of aromatic nitrogens is 2. The highest BCUT2D eigenvalue weighted by Gasteiger charge is 2.28. The molecule has 1 atom stereocenters. The van der Waals surface area contributed by atoms with Crippen molar-refractivity contribution >= 4 is 22.9 Å². The number of aryl methyl sites for hydroxylation is 2. The summed E-state index contributed by atoms with van der Waals surface area (Å²) >= 11 is 0. The lowest BCUT2D eigenvalue weighted by Crippen LogP contribution is -2.30. The lowest BCUT2D eigenvalue weighted by Gasteiger charge is -2.17. The number of nitrogens with one attached hydrogen (secondary N) is 1. The highest BCUT2D eigenvalue weighted by atomic mass is 16.3. The summed E-state index contributed by atoms with van der Waals surface area (Å²) in [6.07, 6.45) is 5.55. The zero-order valence-electron chi connectivity index (χ0n) is 12.4. The third kappa shape index (κ3) is 2.05. The number of likely N-dealkylation sites (N-methyl/N-ethyl adjacent to an activating group) is 1. The molecular weight excluding hydrogens is 266 g/mol. The van der Waals surface area contributed by atoms with Gasteiger partial charge in [0.2, 0.25) is 5.95 Å². The molecular formula is C15H21N5O. The topological polar surface area (TPSA) is 80.2 Å². The lowest BCUT2D eigenvalue weighted by atomic mass is 9.98. The van der Waals surface area contributed by atoms with Crippen molar-refractivity contribution in [2.75, 3.05) is 30.8 Å². The minimum absolute atomic E-state index is 0.347. The van der Waals surface area contributed by atoms with Gasteiger partial charge in [0.1, 0.15) is 11.3 Å². The Labute approximate surface area is 123 Å². The first-order chi connectivity index (χ1) is 10.3. The summed E-state index contributed by atoms with van der Waals surface area (Å²) in [5.74, 6) is 2.30. The average molecular weight is 287 g/mol.